The molecule has 1 aromatic heterocycles. The van der Waals surface area contributed by atoms with Crippen LogP contribution in [-0.2, 0) is 4.79 Å². The van der Waals surface area contributed by atoms with Crippen LogP contribution in [0.1, 0.15) is 30.5 Å². The van der Waals surface area contributed by atoms with Gasteiger partial charge in [-0.05, 0) is 30.7 Å². The fourth-order valence-corrected chi connectivity index (χ4v) is 2.31. The van der Waals surface area contributed by atoms with Crippen LogP contribution < -0.4 is 4.74 Å². The molecule has 0 bridgehead atoms. The molecule has 2 N–H and O–H groups in total. The van der Waals surface area contributed by atoms with Gasteiger partial charge >= 0.3 is 5.97 Å². The van der Waals surface area contributed by atoms with Crippen molar-refractivity contribution >= 4 is 16.9 Å². The monoisotopic (exact) mass is 247 g/mol. The molecule has 0 aliphatic rings. The molecular weight excluding hydrogens is 230 g/mol. The highest BCUT2D eigenvalue weighted by atomic mass is 16.5. The first kappa shape index (κ1) is 12.5. The SMILES string of the molecule is COc1ccc2[nH]c(C(C)CC(=O)O)c(C)c2c1. The molecule has 0 aliphatic carbocycles. The first-order valence-electron chi connectivity index (χ1n) is 5.91. The summed E-state index contributed by atoms with van der Waals surface area (Å²) < 4.78 is 5.20. The maximum Gasteiger partial charge on any atom is 0.304 e. The minimum Gasteiger partial charge on any atom is -0.497 e. The molecule has 1 unspecified atom stereocenters. The Labute approximate surface area is 106 Å². The van der Waals surface area contributed by atoms with Crippen molar-refractivity contribution in [3.63, 3.8) is 0 Å². The van der Waals surface area contributed by atoms with Gasteiger partial charge in [0, 0.05) is 22.5 Å². The van der Waals surface area contributed by atoms with Gasteiger partial charge in [0.2, 0.25) is 0 Å². The second-order valence-corrected chi connectivity index (χ2v) is 4.57. The van der Waals surface area contributed by atoms with Gasteiger partial charge in [0.25, 0.3) is 0 Å². The highest BCUT2D eigenvalue weighted by Gasteiger charge is 2.16. The predicted molar refractivity (Wildman–Crippen MR) is 70.3 cm³/mol. The average molecular weight is 247 g/mol. The third-order valence-corrected chi connectivity index (χ3v) is 3.28. The molecule has 1 atom stereocenters. The topological polar surface area (TPSA) is 62.3 Å². The number of aryl methyl sites for hydroxylation is 1. The summed E-state index contributed by atoms with van der Waals surface area (Å²) in [7, 11) is 1.64. The van der Waals surface area contributed by atoms with Crippen molar-refractivity contribution < 1.29 is 14.6 Å². The summed E-state index contributed by atoms with van der Waals surface area (Å²) in [5.74, 6) is 0.000990. The second-order valence-electron chi connectivity index (χ2n) is 4.57. The lowest BCUT2D eigenvalue weighted by Gasteiger charge is -2.07. The fourth-order valence-electron chi connectivity index (χ4n) is 2.31. The first-order chi connectivity index (χ1) is 8.52. The Morgan fingerprint density at radius 3 is 2.83 bits per heavy atom. The highest BCUT2D eigenvalue weighted by Crippen LogP contribution is 2.30. The molecule has 2 aromatic rings. The van der Waals surface area contributed by atoms with Crippen molar-refractivity contribution in [2.45, 2.75) is 26.2 Å². The second kappa shape index (κ2) is 4.72. The van der Waals surface area contributed by atoms with Crippen LogP contribution in [0.4, 0.5) is 0 Å². The molecule has 0 saturated heterocycles. The van der Waals surface area contributed by atoms with Crippen LogP contribution in [0.15, 0.2) is 18.2 Å². The molecule has 0 aliphatic heterocycles. The third-order valence-electron chi connectivity index (χ3n) is 3.28. The van der Waals surface area contributed by atoms with Crippen molar-refractivity contribution in [1.82, 2.24) is 4.98 Å². The summed E-state index contributed by atoms with van der Waals surface area (Å²) in [6, 6.07) is 5.82. The zero-order valence-corrected chi connectivity index (χ0v) is 10.8. The van der Waals surface area contributed by atoms with Crippen molar-refractivity contribution in [2.75, 3.05) is 7.11 Å². The lowest BCUT2D eigenvalue weighted by molar-refractivity contribution is -0.137. The molecule has 0 amide bonds. The van der Waals surface area contributed by atoms with Crippen molar-refractivity contribution in [1.29, 1.82) is 0 Å². The van der Waals surface area contributed by atoms with E-state index in [0.29, 0.717) is 0 Å². The quantitative estimate of drug-likeness (QED) is 0.872. The summed E-state index contributed by atoms with van der Waals surface area (Å²) >= 11 is 0. The summed E-state index contributed by atoms with van der Waals surface area (Å²) in [5, 5.41) is 9.94. The van der Waals surface area contributed by atoms with E-state index >= 15 is 0 Å². The lowest BCUT2D eigenvalue weighted by Crippen LogP contribution is -2.04. The maximum atomic E-state index is 10.8. The number of aliphatic carboxylic acids is 1. The van der Waals surface area contributed by atoms with E-state index in [2.05, 4.69) is 4.98 Å². The van der Waals surface area contributed by atoms with Crippen LogP contribution >= 0.6 is 0 Å². The Balaban J connectivity index is 2.46. The Hall–Kier alpha value is -1.97. The van der Waals surface area contributed by atoms with E-state index < -0.39 is 5.97 Å². The number of carboxylic acids is 1. The maximum absolute atomic E-state index is 10.8. The first-order valence-corrected chi connectivity index (χ1v) is 5.91. The highest BCUT2D eigenvalue weighted by molar-refractivity contribution is 5.86. The van der Waals surface area contributed by atoms with Gasteiger partial charge in [-0.2, -0.15) is 0 Å². The number of aromatic amines is 1. The van der Waals surface area contributed by atoms with Crippen LogP contribution in [-0.4, -0.2) is 23.2 Å². The third kappa shape index (κ3) is 2.18. The van der Waals surface area contributed by atoms with Gasteiger partial charge in [0.05, 0.1) is 13.5 Å². The standard InChI is InChI=1S/C14H17NO3/c1-8(6-13(16)17)14-9(2)11-7-10(18-3)4-5-12(11)15-14/h4-5,7-8,15H,6H2,1-3H3,(H,16,17). The summed E-state index contributed by atoms with van der Waals surface area (Å²) in [5.41, 5.74) is 3.10. The van der Waals surface area contributed by atoms with Gasteiger partial charge in [0.1, 0.15) is 5.75 Å². The number of carbonyl (C=O) groups is 1. The number of aromatic nitrogens is 1. The number of carboxylic acid groups (broad SMARTS) is 1. The van der Waals surface area contributed by atoms with Crippen LogP contribution in [0.3, 0.4) is 0 Å². The van der Waals surface area contributed by atoms with Gasteiger partial charge in [-0.3, -0.25) is 4.79 Å². The molecule has 0 saturated carbocycles. The van der Waals surface area contributed by atoms with Gasteiger partial charge in [-0.1, -0.05) is 6.92 Å². The number of fused-ring (bicyclic) bond motifs is 1. The molecule has 0 fully saturated rings. The Morgan fingerprint density at radius 1 is 1.50 bits per heavy atom. The van der Waals surface area contributed by atoms with E-state index in [1.807, 2.05) is 32.0 Å². The summed E-state index contributed by atoms with van der Waals surface area (Å²) in [6.45, 7) is 3.93. The number of rotatable bonds is 4. The number of hydrogen-bond donors (Lipinski definition) is 2. The molecule has 4 nitrogen and oxygen atoms in total. The molecule has 0 radical (unpaired) electrons. The van der Waals surface area contributed by atoms with E-state index in [9.17, 15) is 4.79 Å². The van der Waals surface area contributed by atoms with Crippen LogP contribution in [0.25, 0.3) is 10.9 Å². The van der Waals surface area contributed by atoms with E-state index in [1.54, 1.807) is 7.11 Å². The van der Waals surface area contributed by atoms with Gasteiger partial charge in [0.15, 0.2) is 0 Å². The molecule has 0 spiro atoms. The van der Waals surface area contributed by atoms with Gasteiger partial charge in [-0.15, -0.1) is 0 Å². The van der Waals surface area contributed by atoms with Crippen LogP contribution in [0.2, 0.25) is 0 Å². The normalized spacial score (nSPS) is 12.6. The largest absolute Gasteiger partial charge is 0.497 e. The van der Waals surface area contributed by atoms with Crippen molar-refractivity contribution in [3.8, 4) is 5.75 Å². The van der Waals surface area contributed by atoms with E-state index in [1.165, 1.54) is 0 Å². The minimum absolute atomic E-state index is 0.0269. The fraction of sp³-hybridized carbons (Fsp3) is 0.357. The number of methoxy groups -OCH3 is 1. The summed E-state index contributed by atoms with van der Waals surface area (Å²) in [6.07, 6.45) is 0.130. The van der Waals surface area contributed by atoms with Crippen molar-refractivity contribution in [2.24, 2.45) is 0 Å². The average Bonchev–Trinajstić information content (AvgIpc) is 2.65. The molecule has 96 valence electrons. The zero-order valence-electron chi connectivity index (χ0n) is 10.8. The number of H-pyrrole nitrogens is 1. The predicted octanol–water partition coefficient (Wildman–Crippen LogP) is 3.06. The number of nitrogens with one attached hydrogen (secondary N) is 1. The molecule has 2 rings (SSSR count). The molecule has 1 heterocycles. The minimum atomic E-state index is -0.780. The lowest BCUT2D eigenvalue weighted by atomic mass is 10.00. The van der Waals surface area contributed by atoms with Crippen LogP contribution in [0, 0.1) is 6.92 Å². The Bertz CT molecular complexity index is 586. The van der Waals surface area contributed by atoms with Crippen LogP contribution in [0.5, 0.6) is 5.75 Å². The zero-order chi connectivity index (χ0) is 13.3. The van der Waals surface area contributed by atoms with Gasteiger partial charge in [-0.25, -0.2) is 0 Å². The van der Waals surface area contributed by atoms with Gasteiger partial charge < -0.3 is 14.8 Å². The Kier molecular flexibility index (Phi) is 3.28. The number of ether oxygens (including phenoxy) is 1. The van der Waals surface area contributed by atoms with E-state index in [0.717, 1.165) is 27.9 Å². The summed E-state index contributed by atoms with van der Waals surface area (Å²) in [4.78, 5) is 14.1. The molecular formula is C14H17NO3. The molecule has 4 heteroatoms. The molecule has 18 heavy (non-hydrogen) atoms. The van der Waals surface area contributed by atoms with E-state index in [4.69, 9.17) is 9.84 Å². The van der Waals surface area contributed by atoms with Crippen molar-refractivity contribution in [3.05, 3.63) is 29.5 Å². The van der Waals surface area contributed by atoms with E-state index in [-0.39, 0.29) is 12.3 Å². The number of benzene rings is 1. The smallest absolute Gasteiger partial charge is 0.304 e. The molecule has 1 aromatic carbocycles. The number of hydrogen-bond acceptors (Lipinski definition) is 2. The Morgan fingerprint density at radius 2 is 2.22 bits per heavy atom.